The maximum absolute atomic E-state index is 12.7. The zero-order valence-corrected chi connectivity index (χ0v) is 20.5. The number of imide groups is 1. The highest BCUT2D eigenvalue weighted by Gasteiger charge is 2.51. The molecule has 2 N–H and O–H groups in total. The first kappa shape index (κ1) is 22.4. The number of hydrogen-bond acceptors (Lipinski definition) is 6. The molecule has 2 aromatic heterocycles. The van der Waals surface area contributed by atoms with Crippen LogP contribution in [0.5, 0.6) is 0 Å². The van der Waals surface area contributed by atoms with Crippen molar-refractivity contribution in [2.45, 2.75) is 56.1 Å². The van der Waals surface area contributed by atoms with Crippen molar-refractivity contribution in [2.75, 3.05) is 5.75 Å². The molecule has 0 unspecified atom stereocenters. The van der Waals surface area contributed by atoms with E-state index >= 15 is 0 Å². The highest BCUT2D eigenvalue weighted by atomic mass is 32.2. The van der Waals surface area contributed by atoms with Gasteiger partial charge in [0.25, 0.3) is 0 Å². The third kappa shape index (κ3) is 4.37. The lowest BCUT2D eigenvalue weighted by molar-refractivity contribution is -0.117. The number of nitrogens with zero attached hydrogens (tertiary/aromatic N) is 3. The molecule has 7 rings (SSSR count). The predicted octanol–water partition coefficient (Wildman–Crippen LogP) is 4.72. The lowest BCUT2D eigenvalue weighted by atomic mass is 9.53. The number of nitrogens with one attached hydrogen (secondary N) is 2. The number of rotatable bonds is 6. The van der Waals surface area contributed by atoms with E-state index in [9.17, 15) is 9.59 Å². The number of thioether (sulfide) groups is 1. The second-order valence-corrected chi connectivity index (χ2v) is 11.3. The first-order chi connectivity index (χ1) is 17.0. The van der Waals surface area contributed by atoms with E-state index in [0.717, 1.165) is 54.0 Å². The molecule has 4 bridgehead atoms. The third-order valence-electron chi connectivity index (χ3n) is 7.75. The van der Waals surface area contributed by atoms with Gasteiger partial charge < -0.3 is 9.73 Å². The third-order valence-corrected chi connectivity index (χ3v) is 8.68. The first-order valence-corrected chi connectivity index (χ1v) is 13.3. The maximum atomic E-state index is 12.7. The molecule has 0 spiro atoms. The fraction of sp³-hybridized carbons (Fsp3) is 0.462. The van der Waals surface area contributed by atoms with Crippen molar-refractivity contribution in [3.63, 3.8) is 0 Å². The molecular weight excluding hydrogens is 462 g/mol. The topological polar surface area (TPSA) is 102 Å². The van der Waals surface area contributed by atoms with Crippen LogP contribution in [-0.2, 0) is 4.79 Å². The normalized spacial score (nSPS) is 26.6. The minimum Gasteiger partial charge on any atom is -0.469 e. The molecular formula is C26H29N5O3S. The van der Waals surface area contributed by atoms with Crippen LogP contribution in [0.2, 0.25) is 0 Å². The molecule has 3 aromatic rings. The van der Waals surface area contributed by atoms with Crippen molar-refractivity contribution in [3.05, 3.63) is 48.4 Å². The van der Waals surface area contributed by atoms with Crippen LogP contribution in [0.15, 0.2) is 52.2 Å². The van der Waals surface area contributed by atoms with Crippen molar-refractivity contribution >= 4 is 23.7 Å². The molecule has 4 saturated carbocycles. The van der Waals surface area contributed by atoms with Gasteiger partial charge in [-0.05, 0) is 81.4 Å². The van der Waals surface area contributed by atoms with Crippen LogP contribution in [0.1, 0.15) is 44.3 Å². The van der Waals surface area contributed by atoms with Crippen molar-refractivity contribution in [3.8, 4) is 17.1 Å². The largest absolute Gasteiger partial charge is 0.469 e. The Morgan fingerprint density at radius 3 is 2.37 bits per heavy atom. The second kappa shape index (κ2) is 8.86. The van der Waals surface area contributed by atoms with Crippen molar-refractivity contribution in [1.29, 1.82) is 0 Å². The summed E-state index contributed by atoms with van der Waals surface area (Å²) in [6.07, 6.45) is 8.68. The van der Waals surface area contributed by atoms with Gasteiger partial charge in [0.15, 0.2) is 11.0 Å². The fourth-order valence-corrected chi connectivity index (χ4v) is 7.55. The number of furan rings is 1. The summed E-state index contributed by atoms with van der Waals surface area (Å²) in [6, 6.07) is 11.2. The molecule has 1 aromatic carbocycles. The molecule has 2 heterocycles. The highest BCUT2D eigenvalue weighted by molar-refractivity contribution is 7.99. The molecule has 0 radical (unpaired) electrons. The van der Waals surface area contributed by atoms with E-state index in [1.807, 2.05) is 47.9 Å². The summed E-state index contributed by atoms with van der Waals surface area (Å²) >= 11 is 1.25. The second-order valence-electron chi connectivity index (χ2n) is 10.4. The zero-order valence-electron chi connectivity index (χ0n) is 19.7. The van der Waals surface area contributed by atoms with Crippen LogP contribution in [0.4, 0.5) is 4.79 Å². The average Bonchev–Trinajstić information content (AvgIpc) is 3.42. The van der Waals surface area contributed by atoms with Gasteiger partial charge in [-0.2, -0.15) is 0 Å². The summed E-state index contributed by atoms with van der Waals surface area (Å²) in [4.78, 5) is 25.4. The fourth-order valence-electron chi connectivity index (χ4n) is 6.79. The highest BCUT2D eigenvalue weighted by Crippen LogP contribution is 2.55. The number of amides is 3. The molecule has 182 valence electrons. The number of aryl methyl sites for hydroxylation is 1. The van der Waals surface area contributed by atoms with Crippen LogP contribution >= 0.6 is 11.8 Å². The monoisotopic (exact) mass is 491 g/mol. The quantitative estimate of drug-likeness (QED) is 0.484. The van der Waals surface area contributed by atoms with Gasteiger partial charge in [-0.1, -0.05) is 30.0 Å². The van der Waals surface area contributed by atoms with Gasteiger partial charge in [0.2, 0.25) is 5.91 Å². The Morgan fingerprint density at radius 1 is 1.06 bits per heavy atom. The number of hydrogen-bond donors (Lipinski definition) is 2. The van der Waals surface area contributed by atoms with Crippen LogP contribution < -0.4 is 10.6 Å². The van der Waals surface area contributed by atoms with Gasteiger partial charge in [-0.25, -0.2) is 4.79 Å². The number of carbonyl (C=O) groups is 2. The number of urea groups is 1. The molecule has 0 saturated heterocycles. The van der Waals surface area contributed by atoms with Crippen LogP contribution in [0.25, 0.3) is 17.1 Å². The van der Waals surface area contributed by atoms with E-state index in [-0.39, 0.29) is 23.2 Å². The van der Waals surface area contributed by atoms with E-state index in [4.69, 9.17) is 4.42 Å². The molecule has 8 nitrogen and oxygen atoms in total. The smallest absolute Gasteiger partial charge is 0.321 e. The Morgan fingerprint density at radius 2 is 1.74 bits per heavy atom. The SMILES string of the molecule is Cc1occc1-c1nnc(SCC(=O)NC(=O)NC23CC4CC(CC(C4)C2)C3)n1-c1ccccc1. The molecule has 4 aliphatic carbocycles. The molecule has 4 aliphatic rings. The van der Waals surface area contributed by atoms with Gasteiger partial charge >= 0.3 is 6.03 Å². The molecule has 0 atom stereocenters. The Bertz CT molecular complexity index is 1220. The summed E-state index contributed by atoms with van der Waals surface area (Å²) in [5.41, 5.74) is 1.60. The first-order valence-electron chi connectivity index (χ1n) is 12.3. The minimum atomic E-state index is -0.378. The van der Waals surface area contributed by atoms with Crippen LogP contribution in [0.3, 0.4) is 0 Å². The van der Waals surface area contributed by atoms with E-state index in [1.165, 1.54) is 31.0 Å². The van der Waals surface area contributed by atoms with Crippen molar-refractivity contribution in [2.24, 2.45) is 17.8 Å². The molecule has 3 amide bonds. The summed E-state index contributed by atoms with van der Waals surface area (Å²) in [5, 5.41) is 15.0. The van der Waals surface area contributed by atoms with E-state index in [1.54, 1.807) is 6.26 Å². The predicted molar refractivity (Wildman–Crippen MR) is 132 cm³/mol. The summed E-state index contributed by atoms with van der Waals surface area (Å²) in [5.74, 6) is 3.28. The molecule has 9 heteroatoms. The minimum absolute atomic E-state index is 0.0592. The van der Waals surface area contributed by atoms with Crippen molar-refractivity contribution < 1.29 is 14.0 Å². The van der Waals surface area contributed by atoms with Gasteiger partial charge in [0.05, 0.1) is 17.6 Å². The summed E-state index contributed by atoms with van der Waals surface area (Å²) in [7, 11) is 0. The molecule has 35 heavy (non-hydrogen) atoms. The molecule has 4 fully saturated rings. The summed E-state index contributed by atoms with van der Waals surface area (Å²) < 4.78 is 7.37. The Balaban J connectivity index is 1.13. The van der Waals surface area contributed by atoms with E-state index in [0.29, 0.717) is 11.0 Å². The standard InChI is InChI=1S/C26H29N5O3S/c1-16-21(7-8-34-16)23-29-30-25(31(23)20-5-3-2-4-6-20)35-15-22(32)27-24(33)28-26-12-17-9-18(13-26)11-19(10-17)14-26/h2-8,17-19H,9-15H2,1H3,(H2,27,28,32,33). The van der Waals surface area contributed by atoms with Crippen LogP contribution in [0, 0.1) is 24.7 Å². The lowest BCUT2D eigenvalue weighted by Gasteiger charge is -2.56. The Labute approximate surface area is 208 Å². The van der Waals surface area contributed by atoms with Crippen LogP contribution in [-0.4, -0.2) is 38.0 Å². The van der Waals surface area contributed by atoms with Gasteiger partial charge in [-0.15, -0.1) is 10.2 Å². The lowest BCUT2D eigenvalue weighted by Crippen LogP contribution is -2.61. The number of aromatic nitrogens is 3. The van der Waals surface area contributed by atoms with Gasteiger partial charge in [0, 0.05) is 11.2 Å². The average molecular weight is 492 g/mol. The Hall–Kier alpha value is -3.07. The van der Waals surface area contributed by atoms with E-state index in [2.05, 4.69) is 20.8 Å². The van der Waals surface area contributed by atoms with Crippen molar-refractivity contribution in [1.82, 2.24) is 25.4 Å². The van der Waals surface area contributed by atoms with Gasteiger partial charge in [-0.3, -0.25) is 14.7 Å². The van der Waals surface area contributed by atoms with E-state index < -0.39 is 0 Å². The number of benzene rings is 1. The number of carbonyl (C=O) groups excluding carboxylic acids is 2. The summed E-state index contributed by atoms with van der Waals surface area (Å²) in [6.45, 7) is 1.88. The van der Waals surface area contributed by atoms with Gasteiger partial charge in [0.1, 0.15) is 5.76 Å². The molecule has 0 aliphatic heterocycles. The Kier molecular flexibility index (Phi) is 5.67. The number of para-hydroxylation sites is 1. The maximum Gasteiger partial charge on any atom is 0.321 e. The zero-order chi connectivity index (χ0) is 24.0.